The summed E-state index contributed by atoms with van der Waals surface area (Å²) in [6, 6.07) is 9.10. The monoisotopic (exact) mass is 376 g/mol. The number of hydrogen-bond donors (Lipinski definition) is 2. The van der Waals surface area contributed by atoms with Crippen LogP contribution in [-0.4, -0.2) is 48.2 Å². The SMILES string of the molecule is CC(NC(=O)C1(S(C)(=O)=O)CCNCC1)c1ccccc1-n1cccn1. The maximum atomic E-state index is 13.0. The van der Waals surface area contributed by atoms with Gasteiger partial charge in [-0.2, -0.15) is 5.10 Å². The highest BCUT2D eigenvalue weighted by atomic mass is 32.2. The van der Waals surface area contributed by atoms with Crippen molar-refractivity contribution >= 4 is 15.7 Å². The molecule has 2 N–H and O–H groups in total. The molecule has 1 aromatic carbocycles. The molecule has 1 aromatic heterocycles. The summed E-state index contributed by atoms with van der Waals surface area (Å²) in [5.74, 6) is -0.427. The summed E-state index contributed by atoms with van der Waals surface area (Å²) in [5.41, 5.74) is 1.73. The van der Waals surface area contributed by atoms with Crippen LogP contribution in [0.4, 0.5) is 0 Å². The molecule has 140 valence electrons. The highest BCUT2D eigenvalue weighted by molar-refractivity contribution is 7.92. The van der Waals surface area contributed by atoms with E-state index in [9.17, 15) is 13.2 Å². The minimum absolute atomic E-state index is 0.283. The van der Waals surface area contributed by atoms with E-state index in [4.69, 9.17) is 0 Å². The second-order valence-electron chi connectivity index (χ2n) is 6.72. The molecule has 1 atom stereocenters. The van der Waals surface area contributed by atoms with Crippen molar-refractivity contribution in [2.75, 3.05) is 19.3 Å². The molecule has 1 aliphatic heterocycles. The van der Waals surface area contributed by atoms with Crippen LogP contribution in [0.3, 0.4) is 0 Å². The number of aromatic nitrogens is 2. The number of carbonyl (C=O) groups is 1. The highest BCUT2D eigenvalue weighted by Crippen LogP contribution is 2.30. The number of rotatable bonds is 5. The van der Waals surface area contributed by atoms with Gasteiger partial charge < -0.3 is 10.6 Å². The molecule has 1 saturated heterocycles. The normalized spacial score (nSPS) is 18.2. The number of sulfone groups is 1. The maximum absolute atomic E-state index is 13.0. The van der Waals surface area contributed by atoms with Gasteiger partial charge in [-0.1, -0.05) is 18.2 Å². The molecule has 0 saturated carbocycles. The molecule has 0 aliphatic carbocycles. The first-order valence-electron chi connectivity index (χ1n) is 8.65. The average molecular weight is 376 g/mol. The molecule has 7 nitrogen and oxygen atoms in total. The Morgan fingerprint density at radius 1 is 1.27 bits per heavy atom. The molecule has 1 amide bonds. The van der Waals surface area contributed by atoms with Gasteiger partial charge in [0.15, 0.2) is 14.6 Å². The number of amides is 1. The lowest BCUT2D eigenvalue weighted by Crippen LogP contribution is -2.57. The molecular formula is C18H24N4O3S. The van der Waals surface area contributed by atoms with Crippen molar-refractivity contribution in [3.63, 3.8) is 0 Å². The van der Waals surface area contributed by atoms with Crippen molar-refractivity contribution in [2.24, 2.45) is 0 Å². The Bertz CT molecular complexity index is 872. The standard InChI is InChI=1S/C18H24N4O3S/c1-14(15-6-3-4-7-16(15)22-13-5-10-20-22)21-17(23)18(26(2,24)25)8-11-19-12-9-18/h3-7,10,13-14,19H,8-9,11-12H2,1-2H3,(H,21,23). The number of nitrogens with one attached hydrogen (secondary N) is 2. The van der Waals surface area contributed by atoms with Gasteiger partial charge in [0.25, 0.3) is 0 Å². The molecule has 1 aliphatic rings. The quantitative estimate of drug-likeness (QED) is 0.818. The minimum atomic E-state index is -3.54. The van der Waals surface area contributed by atoms with Gasteiger partial charge in [0.05, 0.1) is 11.7 Å². The van der Waals surface area contributed by atoms with E-state index in [1.165, 1.54) is 0 Å². The van der Waals surface area contributed by atoms with Crippen LogP contribution < -0.4 is 10.6 Å². The zero-order valence-corrected chi connectivity index (χ0v) is 15.8. The summed E-state index contributed by atoms with van der Waals surface area (Å²) >= 11 is 0. The van der Waals surface area contributed by atoms with E-state index in [-0.39, 0.29) is 18.9 Å². The number of hydrogen-bond acceptors (Lipinski definition) is 5. The Morgan fingerprint density at radius 2 is 1.96 bits per heavy atom. The Kier molecular flexibility index (Phi) is 5.15. The van der Waals surface area contributed by atoms with E-state index in [1.807, 2.05) is 43.5 Å². The molecule has 1 unspecified atom stereocenters. The van der Waals surface area contributed by atoms with Gasteiger partial charge in [0.1, 0.15) is 0 Å². The van der Waals surface area contributed by atoms with E-state index in [2.05, 4.69) is 15.7 Å². The van der Waals surface area contributed by atoms with Gasteiger partial charge in [-0.3, -0.25) is 4.79 Å². The first-order valence-corrected chi connectivity index (χ1v) is 10.5. The van der Waals surface area contributed by atoms with Gasteiger partial charge >= 0.3 is 0 Å². The highest BCUT2D eigenvalue weighted by Gasteiger charge is 2.48. The van der Waals surface area contributed by atoms with Gasteiger partial charge in [-0.15, -0.1) is 0 Å². The van der Waals surface area contributed by atoms with E-state index in [1.54, 1.807) is 10.9 Å². The molecule has 0 spiro atoms. The van der Waals surface area contributed by atoms with E-state index in [0.717, 1.165) is 17.5 Å². The maximum Gasteiger partial charge on any atom is 0.242 e. The third-order valence-electron chi connectivity index (χ3n) is 5.04. The number of benzene rings is 1. The Morgan fingerprint density at radius 3 is 2.58 bits per heavy atom. The lowest BCUT2D eigenvalue weighted by molar-refractivity contribution is -0.125. The van der Waals surface area contributed by atoms with Crippen LogP contribution in [0, 0.1) is 0 Å². The lowest BCUT2D eigenvalue weighted by atomic mass is 9.95. The van der Waals surface area contributed by atoms with Crippen LogP contribution in [0.2, 0.25) is 0 Å². The predicted octanol–water partition coefficient (Wildman–Crippen LogP) is 1.22. The van der Waals surface area contributed by atoms with E-state index in [0.29, 0.717) is 13.1 Å². The summed E-state index contributed by atoms with van der Waals surface area (Å²) in [6.45, 7) is 2.88. The summed E-state index contributed by atoms with van der Waals surface area (Å²) < 4.78 is 25.2. The van der Waals surface area contributed by atoms with Crippen LogP contribution in [0.1, 0.15) is 31.4 Å². The van der Waals surface area contributed by atoms with Crippen molar-refractivity contribution in [1.82, 2.24) is 20.4 Å². The van der Waals surface area contributed by atoms with E-state index >= 15 is 0 Å². The first-order chi connectivity index (χ1) is 12.3. The van der Waals surface area contributed by atoms with Gasteiger partial charge in [0, 0.05) is 18.6 Å². The molecule has 2 heterocycles. The fourth-order valence-corrected chi connectivity index (χ4v) is 4.82. The summed E-state index contributed by atoms with van der Waals surface area (Å²) in [5, 5.41) is 10.3. The predicted molar refractivity (Wildman–Crippen MR) is 99.8 cm³/mol. The summed E-state index contributed by atoms with van der Waals surface area (Å²) in [4.78, 5) is 13.0. The van der Waals surface area contributed by atoms with Gasteiger partial charge in [-0.25, -0.2) is 13.1 Å². The average Bonchev–Trinajstić information content (AvgIpc) is 3.16. The molecule has 2 aromatic rings. The lowest BCUT2D eigenvalue weighted by Gasteiger charge is -2.35. The second kappa shape index (κ2) is 7.20. The van der Waals surface area contributed by atoms with Crippen LogP contribution in [0.25, 0.3) is 5.69 Å². The zero-order valence-electron chi connectivity index (χ0n) is 15.0. The van der Waals surface area contributed by atoms with Crippen molar-refractivity contribution < 1.29 is 13.2 Å². The number of piperidine rings is 1. The molecule has 0 bridgehead atoms. The topological polar surface area (TPSA) is 93.1 Å². The Labute approximate surface area is 153 Å². The fraction of sp³-hybridized carbons (Fsp3) is 0.444. The minimum Gasteiger partial charge on any atom is -0.348 e. The van der Waals surface area contributed by atoms with Crippen molar-refractivity contribution in [3.8, 4) is 5.69 Å². The van der Waals surface area contributed by atoms with Crippen LogP contribution in [-0.2, 0) is 14.6 Å². The van der Waals surface area contributed by atoms with Crippen molar-refractivity contribution in [3.05, 3.63) is 48.3 Å². The fourth-order valence-electron chi connectivity index (χ4n) is 3.48. The second-order valence-corrected chi connectivity index (χ2v) is 9.05. The van der Waals surface area contributed by atoms with Crippen molar-refractivity contribution in [1.29, 1.82) is 0 Å². The molecule has 8 heteroatoms. The Balaban J connectivity index is 1.88. The van der Waals surface area contributed by atoms with Crippen LogP contribution >= 0.6 is 0 Å². The third-order valence-corrected chi connectivity index (χ3v) is 7.05. The van der Waals surface area contributed by atoms with E-state index < -0.39 is 20.5 Å². The molecule has 1 fully saturated rings. The number of carbonyl (C=O) groups excluding carboxylic acids is 1. The third kappa shape index (κ3) is 3.39. The van der Waals surface area contributed by atoms with Gasteiger partial charge in [0.2, 0.25) is 5.91 Å². The largest absolute Gasteiger partial charge is 0.348 e. The molecule has 3 rings (SSSR count). The molecule has 26 heavy (non-hydrogen) atoms. The van der Waals surface area contributed by atoms with Crippen LogP contribution in [0.15, 0.2) is 42.7 Å². The number of para-hydroxylation sites is 1. The Hall–Kier alpha value is -2.19. The molecule has 0 radical (unpaired) electrons. The first kappa shape index (κ1) is 18.6. The van der Waals surface area contributed by atoms with Crippen LogP contribution in [0.5, 0.6) is 0 Å². The van der Waals surface area contributed by atoms with Crippen molar-refractivity contribution in [2.45, 2.75) is 30.6 Å². The number of nitrogens with zero attached hydrogens (tertiary/aromatic N) is 2. The zero-order chi connectivity index (χ0) is 18.8. The summed E-state index contributed by atoms with van der Waals surface area (Å²) in [7, 11) is -3.54. The smallest absolute Gasteiger partial charge is 0.242 e. The molecular weight excluding hydrogens is 352 g/mol. The van der Waals surface area contributed by atoms with Gasteiger partial charge in [-0.05, 0) is 50.6 Å². The summed E-state index contributed by atoms with van der Waals surface area (Å²) in [6.07, 6.45) is 5.24.